The van der Waals surface area contributed by atoms with E-state index in [9.17, 15) is 15.2 Å². The number of aromatic nitrogens is 1. The lowest BCUT2D eigenvalue weighted by Gasteiger charge is -1.98. The Labute approximate surface area is 116 Å². The van der Waals surface area contributed by atoms with Crippen molar-refractivity contribution in [3.63, 3.8) is 0 Å². The fourth-order valence-corrected chi connectivity index (χ4v) is 2.94. The minimum Gasteiger partial charge on any atom is -0.494 e. The van der Waals surface area contributed by atoms with Crippen molar-refractivity contribution in [2.75, 3.05) is 5.75 Å². The van der Waals surface area contributed by atoms with Crippen LogP contribution in [0, 0.1) is 10.1 Å². The normalized spacial score (nSPS) is 14.9. The predicted octanol–water partition coefficient (Wildman–Crippen LogP) is 2.60. The van der Waals surface area contributed by atoms with Crippen molar-refractivity contribution in [1.29, 1.82) is 0 Å². The number of nitro benzene ring substituents is 1. The Morgan fingerprint density at radius 2 is 2.32 bits per heavy atom. The molecular formula is C11H7N3O3S2. The molecule has 1 aliphatic rings. The molecule has 2 aromatic rings. The molecule has 2 heterocycles. The number of aromatic hydroxyl groups is 1. The second-order valence-electron chi connectivity index (χ2n) is 3.95. The van der Waals surface area contributed by atoms with Crippen LogP contribution in [0.2, 0.25) is 0 Å². The summed E-state index contributed by atoms with van der Waals surface area (Å²) in [7, 11) is 0. The van der Waals surface area contributed by atoms with Gasteiger partial charge >= 0.3 is 0 Å². The van der Waals surface area contributed by atoms with Crippen LogP contribution in [0.15, 0.2) is 23.2 Å². The zero-order valence-corrected chi connectivity index (χ0v) is 11.0. The molecule has 3 rings (SSSR count). The summed E-state index contributed by atoms with van der Waals surface area (Å²) < 4.78 is 0.509. The number of fused-ring (bicyclic) bond motifs is 1. The molecule has 0 unspecified atom stereocenters. The van der Waals surface area contributed by atoms with Crippen LogP contribution in [0.3, 0.4) is 0 Å². The lowest BCUT2D eigenvalue weighted by molar-refractivity contribution is -0.384. The number of nitro groups is 1. The topological polar surface area (TPSA) is 91.5 Å². The van der Waals surface area contributed by atoms with Crippen LogP contribution < -0.4 is 0 Å². The molecule has 0 amide bonds. The zero-order chi connectivity index (χ0) is 13.6. The second-order valence-corrected chi connectivity index (χ2v) is 5.56. The molecule has 1 aromatic carbocycles. The van der Waals surface area contributed by atoms with Crippen LogP contribution >= 0.6 is 24.0 Å². The maximum Gasteiger partial charge on any atom is 0.270 e. The molecule has 0 saturated carbocycles. The molecule has 96 valence electrons. The standard InChI is InChI=1S/C11H7N3O3S2/c15-10-9(8-4-19-11(18)13-8)6-3-5(14(16)17)1-2-7(6)12-10/h1-3,12,15H,4H2. The van der Waals surface area contributed by atoms with E-state index in [0.717, 1.165) is 0 Å². The van der Waals surface area contributed by atoms with Crippen molar-refractivity contribution < 1.29 is 10.0 Å². The lowest BCUT2D eigenvalue weighted by Crippen LogP contribution is -1.99. The van der Waals surface area contributed by atoms with Gasteiger partial charge in [0.2, 0.25) is 0 Å². The number of hydrogen-bond donors (Lipinski definition) is 2. The summed E-state index contributed by atoms with van der Waals surface area (Å²) in [5.74, 6) is 0.515. The summed E-state index contributed by atoms with van der Waals surface area (Å²) in [6.45, 7) is 0. The number of non-ortho nitro benzene ring substituents is 1. The monoisotopic (exact) mass is 293 g/mol. The van der Waals surface area contributed by atoms with E-state index in [0.29, 0.717) is 32.3 Å². The molecule has 0 spiro atoms. The molecule has 0 bridgehead atoms. The van der Waals surface area contributed by atoms with Gasteiger partial charge in [0.1, 0.15) is 0 Å². The van der Waals surface area contributed by atoms with Gasteiger partial charge in [0, 0.05) is 28.8 Å². The van der Waals surface area contributed by atoms with Gasteiger partial charge in [-0.15, -0.1) is 0 Å². The highest BCUT2D eigenvalue weighted by molar-refractivity contribution is 8.23. The van der Waals surface area contributed by atoms with Gasteiger partial charge in [-0.2, -0.15) is 0 Å². The number of nitrogens with zero attached hydrogens (tertiary/aromatic N) is 2. The van der Waals surface area contributed by atoms with Gasteiger partial charge in [-0.1, -0.05) is 24.0 Å². The zero-order valence-electron chi connectivity index (χ0n) is 9.41. The Morgan fingerprint density at radius 1 is 1.53 bits per heavy atom. The number of thiocarbonyl (C=S) groups is 1. The average Bonchev–Trinajstić information content (AvgIpc) is 2.90. The van der Waals surface area contributed by atoms with Crippen molar-refractivity contribution in [2.45, 2.75) is 0 Å². The first-order valence-electron chi connectivity index (χ1n) is 5.30. The number of H-pyrrole nitrogens is 1. The molecule has 8 heteroatoms. The summed E-state index contributed by atoms with van der Waals surface area (Å²) in [6, 6.07) is 4.38. The summed E-state index contributed by atoms with van der Waals surface area (Å²) in [4.78, 5) is 17.3. The van der Waals surface area contributed by atoms with Gasteiger partial charge in [-0.25, -0.2) is 4.99 Å². The molecule has 2 N–H and O–H groups in total. The van der Waals surface area contributed by atoms with Gasteiger partial charge < -0.3 is 10.1 Å². The van der Waals surface area contributed by atoms with E-state index in [4.69, 9.17) is 12.2 Å². The maximum absolute atomic E-state index is 10.8. The van der Waals surface area contributed by atoms with E-state index in [-0.39, 0.29) is 11.6 Å². The predicted molar refractivity (Wildman–Crippen MR) is 78.2 cm³/mol. The third-order valence-electron chi connectivity index (χ3n) is 2.82. The Hall–Kier alpha value is -1.93. The van der Waals surface area contributed by atoms with Crippen LogP contribution in [-0.2, 0) is 0 Å². The molecule has 0 radical (unpaired) electrons. The third-order valence-corrected chi connectivity index (χ3v) is 4.02. The Balaban J connectivity index is 2.25. The maximum atomic E-state index is 10.8. The Bertz CT molecular complexity index is 751. The summed E-state index contributed by atoms with van der Waals surface area (Å²) in [6.07, 6.45) is 0. The van der Waals surface area contributed by atoms with Crippen molar-refractivity contribution in [2.24, 2.45) is 4.99 Å². The molecule has 1 aliphatic heterocycles. The van der Waals surface area contributed by atoms with Gasteiger partial charge in [0.15, 0.2) is 10.2 Å². The van der Waals surface area contributed by atoms with Crippen LogP contribution in [-0.4, -0.2) is 30.8 Å². The van der Waals surface area contributed by atoms with E-state index < -0.39 is 4.92 Å². The van der Waals surface area contributed by atoms with Crippen LogP contribution in [0.5, 0.6) is 5.88 Å². The molecule has 0 atom stereocenters. The minimum atomic E-state index is -0.469. The number of nitrogens with one attached hydrogen (secondary N) is 1. The van der Waals surface area contributed by atoms with E-state index in [1.54, 1.807) is 6.07 Å². The fraction of sp³-hybridized carbons (Fsp3) is 0.0909. The first kappa shape index (κ1) is 12.1. The minimum absolute atomic E-state index is 0.0263. The number of aliphatic imine (C=N–C) groups is 1. The summed E-state index contributed by atoms with van der Waals surface area (Å²) in [5, 5.41) is 21.3. The van der Waals surface area contributed by atoms with Gasteiger partial charge in [0.25, 0.3) is 5.69 Å². The first-order chi connectivity index (χ1) is 9.06. The van der Waals surface area contributed by atoms with Crippen LogP contribution in [0.25, 0.3) is 10.9 Å². The molecule has 1 aromatic heterocycles. The van der Waals surface area contributed by atoms with Gasteiger partial charge in [-0.3, -0.25) is 10.1 Å². The number of thioether (sulfide) groups is 1. The number of rotatable bonds is 2. The molecule has 0 fully saturated rings. The van der Waals surface area contributed by atoms with E-state index in [1.165, 1.54) is 23.9 Å². The second kappa shape index (κ2) is 4.32. The Morgan fingerprint density at radius 3 is 2.95 bits per heavy atom. The van der Waals surface area contributed by atoms with Crippen LogP contribution in [0.1, 0.15) is 5.56 Å². The SMILES string of the molecule is O=[N+]([O-])c1ccc2[nH]c(O)c(C3=NC(=S)SC3)c2c1. The van der Waals surface area contributed by atoms with E-state index in [2.05, 4.69) is 9.98 Å². The lowest BCUT2D eigenvalue weighted by atomic mass is 10.1. The molecule has 0 saturated heterocycles. The van der Waals surface area contributed by atoms with Gasteiger partial charge in [0.05, 0.1) is 16.2 Å². The number of hydrogen-bond acceptors (Lipinski definition) is 5. The number of benzene rings is 1. The quantitative estimate of drug-likeness (QED) is 0.504. The summed E-state index contributed by atoms with van der Waals surface area (Å²) >= 11 is 6.38. The number of aromatic amines is 1. The molecular weight excluding hydrogens is 286 g/mol. The Kier molecular flexibility index (Phi) is 2.76. The highest BCUT2D eigenvalue weighted by Crippen LogP contribution is 2.33. The summed E-state index contributed by atoms with van der Waals surface area (Å²) in [5.41, 5.74) is 1.73. The first-order valence-corrected chi connectivity index (χ1v) is 6.69. The van der Waals surface area contributed by atoms with E-state index >= 15 is 0 Å². The smallest absolute Gasteiger partial charge is 0.270 e. The molecule has 0 aliphatic carbocycles. The van der Waals surface area contributed by atoms with Crippen molar-refractivity contribution in [1.82, 2.24) is 4.98 Å². The highest BCUT2D eigenvalue weighted by atomic mass is 32.2. The van der Waals surface area contributed by atoms with Crippen molar-refractivity contribution in [3.05, 3.63) is 33.9 Å². The van der Waals surface area contributed by atoms with Crippen molar-refractivity contribution in [3.8, 4) is 5.88 Å². The van der Waals surface area contributed by atoms with Crippen molar-refractivity contribution >= 4 is 50.6 Å². The van der Waals surface area contributed by atoms with E-state index in [1.807, 2.05) is 0 Å². The molecule has 19 heavy (non-hydrogen) atoms. The van der Waals surface area contributed by atoms with Gasteiger partial charge in [-0.05, 0) is 6.07 Å². The fourth-order valence-electron chi connectivity index (χ4n) is 2.00. The molecule has 6 nitrogen and oxygen atoms in total. The largest absolute Gasteiger partial charge is 0.494 e. The average molecular weight is 293 g/mol. The van der Waals surface area contributed by atoms with Crippen LogP contribution in [0.4, 0.5) is 5.69 Å². The highest BCUT2D eigenvalue weighted by Gasteiger charge is 2.22. The third kappa shape index (κ3) is 1.98.